The Labute approximate surface area is 183 Å². The van der Waals surface area contributed by atoms with Crippen LogP contribution in [0.15, 0.2) is 66.9 Å². The number of carbonyl (C=O) groups is 1. The molecule has 0 saturated heterocycles. The van der Waals surface area contributed by atoms with E-state index in [1.165, 1.54) is 22.3 Å². The van der Waals surface area contributed by atoms with Crippen LogP contribution in [0.3, 0.4) is 0 Å². The molecule has 0 fully saturated rings. The molecule has 0 bridgehead atoms. The third-order valence-electron chi connectivity index (χ3n) is 5.21. The fourth-order valence-corrected chi connectivity index (χ4v) is 3.98. The Hall–Kier alpha value is -3.82. The Morgan fingerprint density at radius 3 is 2.52 bits per heavy atom. The molecule has 0 aliphatic heterocycles. The molecule has 0 unspecified atom stereocenters. The van der Waals surface area contributed by atoms with Gasteiger partial charge in [0.1, 0.15) is 17.5 Å². The van der Waals surface area contributed by atoms with Crippen molar-refractivity contribution in [2.24, 2.45) is 0 Å². The number of aromatic nitrogens is 3. The highest BCUT2D eigenvalue weighted by molar-refractivity contribution is 6.29. The maximum atomic E-state index is 12.2. The number of alkyl carbamates (subject to hydrolysis) is 1. The van der Waals surface area contributed by atoms with E-state index in [2.05, 4.69) is 51.5 Å². The second kappa shape index (κ2) is 8.13. The van der Waals surface area contributed by atoms with Crippen molar-refractivity contribution in [3.63, 3.8) is 0 Å². The number of imidazole rings is 1. The Balaban J connectivity index is 1.21. The second-order valence-electron chi connectivity index (χ2n) is 7.05. The molecule has 4 aromatic rings. The average molecular weight is 429 g/mol. The molecule has 1 aliphatic rings. The first-order valence-corrected chi connectivity index (χ1v) is 10.2. The summed E-state index contributed by atoms with van der Waals surface area (Å²) in [7, 11) is 0. The number of carbonyl (C=O) groups excluding carboxylic acids is 1. The SMILES string of the molecule is O=C(NCC#Cc1cnc2ccc(Cl)nn12)OCC1c2ccccc2-c2ccccc21. The number of rotatable bonds is 3. The monoisotopic (exact) mass is 428 g/mol. The topological polar surface area (TPSA) is 68.5 Å². The fraction of sp³-hybridized carbons (Fsp3) is 0.125. The fourth-order valence-electron chi connectivity index (χ4n) is 3.84. The minimum atomic E-state index is -0.504. The first-order chi connectivity index (χ1) is 15.2. The van der Waals surface area contributed by atoms with Gasteiger partial charge in [-0.05, 0) is 40.3 Å². The summed E-state index contributed by atoms with van der Waals surface area (Å²) in [5.74, 6) is 5.84. The summed E-state index contributed by atoms with van der Waals surface area (Å²) in [5, 5.41) is 7.18. The molecular formula is C24H17ClN4O2. The minimum absolute atomic E-state index is 0.0261. The van der Waals surface area contributed by atoms with E-state index in [1.54, 1.807) is 22.8 Å². The number of halogens is 1. The number of benzene rings is 2. The first-order valence-electron chi connectivity index (χ1n) is 9.79. The molecule has 5 rings (SSSR count). The van der Waals surface area contributed by atoms with Gasteiger partial charge in [-0.2, -0.15) is 5.10 Å². The van der Waals surface area contributed by atoms with Crippen molar-refractivity contribution in [3.05, 3.63) is 88.8 Å². The molecule has 2 aromatic carbocycles. The summed E-state index contributed by atoms with van der Waals surface area (Å²) in [6, 6.07) is 19.9. The molecule has 31 heavy (non-hydrogen) atoms. The number of hydrogen-bond acceptors (Lipinski definition) is 4. The van der Waals surface area contributed by atoms with Crippen LogP contribution in [-0.4, -0.2) is 33.8 Å². The van der Waals surface area contributed by atoms with Gasteiger partial charge >= 0.3 is 6.09 Å². The number of nitrogens with one attached hydrogen (secondary N) is 1. The van der Waals surface area contributed by atoms with Crippen molar-refractivity contribution >= 4 is 23.3 Å². The van der Waals surface area contributed by atoms with Crippen LogP contribution in [0, 0.1) is 11.8 Å². The van der Waals surface area contributed by atoms with Gasteiger partial charge in [0.05, 0.1) is 12.7 Å². The number of fused-ring (bicyclic) bond motifs is 4. The van der Waals surface area contributed by atoms with E-state index < -0.39 is 6.09 Å². The third kappa shape index (κ3) is 3.72. The van der Waals surface area contributed by atoms with Crippen molar-refractivity contribution in [1.29, 1.82) is 0 Å². The molecule has 0 radical (unpaired) electrons. The maximum Gasteiger partial charge on any atom is 0.407 e. The highest BCUT2D eigenvalue weighted by Gasteiger charge is 2.28. The molecule has 6 nitrogen and oxygen atoms in total. The maximum absolute atomic E-state index is 12.2. The quantitative estimate of drug-likeness (QED) is 0.495. The summed E-state index contributed by atoms with van der Waals surface area (Å²) >= 11 is 5.92. The van der Waals surface area contributed by atoms with E-state index in [1.807, 2.05) is 24.3 Å². The lowest BCUT2D eigenvalue weighted by atomic mass is 9.98. The zero-order valence-corrected chi connectivity index (χ0v) is 17.1. The number of nitrogens with zero attached hydrogens (tertiary/aromatic N) is 3. The predicted octanol–water partition coefficient (Wildman–Crippen LogP) is 4.27. The van der Waals surface area contributed by atoms with Crippen molar-refractivity contribution in [3.8, 4) is 23.0 Å². The molecule has 2 heterocycles. The average Bonchev–Trinajstić information content (AvgIpc) is 3.34. The summed E-state index contributed by atoms with van der Waals surface area (Å²) in [5.41, 5.74) is 5.98. The third-order valence-corrected chi connectivity index (χ3v) is 5.41. The minimum Gasteiger partial charge on any atom is -0.449 e. The predicted molar refractivity (Wildman–Crippen MR) is 118 cm³/mol. The van der Waals surface area contributed by atoms with Crippen molar-refractivity contribution < 1.29 is 9.53 Å². The molecule has 0 saturated carbocycles. The second-order valence-corrected chi connectivity index (χ2v) is 7.44. The zero-order chi connectivity index (χ0) is 21.2. The van der Waals surface area contributed by atoms with Gasteiger partial charge in [0.15, 0.2) is 5.65 Å². The highest BCUT2D eigenvalue weighted by atomic mass is 35.5. The Kier molecular flexibility index (Phi) is 5.03. The van der Waals surface area contributed by atoms with Gasteiger partial charge < -0.3 is 10.1 Å². The van der Waals surface area contributed by atoms with Gasteiger partial charge in [-0.1, -0.05) is 66.1 Å². The summed E-state index contributed by atoms with van der Waals surface area (Å²) < 4.78 is 7.06. The van der Waals surface area contributed by atoms with Gasteiger partial charge in [0, 0.05) is 5.92 Å². The lowest BCUT2D eigenvalue weighted by Crippen LogP contribution is -2.26. The molecule has 1 N–H and O–H groups in total. The molecule has 2 aromatic heterocycles. The van der Waals surface area contributed by atoms with E-state index >= 15 is 0 Å². The molecule has 1 aliphatic carbocycles. The van der Waals surface area contributed by atoms with E-state index in [4.69, 9.17) is 16.3 Å². The number of amides is 1. The van der Waals surface area contributed by atoms with Crippen molar-refractivity contribution in [1.82, 2.24) is 19.9 Å². The van der Waals surface area contributed by atoms with Gasteiger partial charge in [0.2, 0.25) is 0 Å². The Bertz CT molecular complexity index is 1310. The Morgan fingerprint density at radius 2 is 1.77 bits per heavy atom. The molecule has 0 spiro atoms. The molecular weight excluding hydrogens is 412 g/mol. The van der Waals surface area contributed by atoms with E-state index in [0.29, 0.717) is 16.5 Å². The van der Waals surface area contributed by atoms with Crippen LogP contribution in [-0.2, 0) is 4.74 Å². The molecule has 7 heteroatoms. The van der Waals surface area contributed by atoms with Crippen LogP contribution < -0.4 is 5.32 Å². The van der Waals surface area contributed by atoms with Crippen LogP contribution in [0.25, 0.3) is 16.8 Å². The van der Waals surface area contributed by atoms with Crippen molar-refractivity contribution in [2.75, 3.05) is 13.2 Å². The van der Waals surface area contributed by atoms with Gasteiger partial charge in [0.25, 0.3) is 0 Å². The first kappa shape index (κ1) is 19.2. The number of hydrogen-bond donors (Lipinski definition) is 1. The van der Waals surface area contributed by atoms with E-state index in [0.717, 1.165) is 0 Å². The van der Waals surface area contributed by atoms with Gasteiger partial charge in [-0.3, -0.25) is 0 Å². The standard InChI is InChI=1S/C24H17ClN4O2/c25-22-11-12-23-27-14-16(29(23)28-22)6-5-13-26-24(30)31-15-21-19-9-3-1-7-17(19)18-8-2-4-10-20(18)21/h1-4,7-12,14,21H,13,15H2,(H,26,30). The Morgan fingerprint density at radius 1 is 1.06 bits per heavy atom. The van der Waals surface area contributed by atoms with Crippen LogP contribution >= 0.6 is 11.6 Å². The number of ether oxygens (including phenoxy) is 1. The highest BCUT2D eigenvalue weighted by Crippen LogP contribution is 2.44. The summed E-state index contributed by atoms with van der Waals surface area (Å²) in [4.78, 5) is 16.4. The molecule has 152 valence electrons. The van der Waals surface area contributed by atoms with Crippen LogP contribution in [0.2, 0.25) is 5.15 Å². The normalized spacial score (nSPS) is 12.0. The summed E-state index contributed by atoms with van der Waals surface area (Å²) in [6.07, 6.45) is 1.11. The van der Waals surface area contributed by atoms with Crippen molar-refractivity contribution in [2.45, 2.75) is 5.92 Å². The molecule has 0 atom stereocenters. The zero-order valence-electron chi connectivity index (χ0n) is 16.4. The smallest absolute Gasteiger partial charge is 0.407 e. The largest absolute Gasteiger partial charge is 0.449 e. The van der Waals surface area contributed by atoms with Crippen LogP contribution in [0.4, 0.5) is 4.79 Å². The lowest BCUT2D eigenvalue weighted by molar-refractivity contribution is 0.144. The van der Waals surface area contributed by atoms with Gasteiger partial charge in [-0.25, -0.2) is 14.3 Å². The van der Waals surface area contributed by atoms with Gasteiger partial charge in [-0.15, -0.1) is 0 Å². The van der Waals surface area contributed by atoms with Crippen LogP contribution in [0.1, 0.15) is 22.7 Å². The molecule has 1 amide bonds. The lowest BCUT2D eigenvalue weighted by Gasteiger charge is -2.14. The summed E-state index contributed by atoms with van der Waals surface area (Å²) in [6.45, 7) is 0.410. The van der Waals surface area contributed by atoms with Crippen LogP contribution in [0.5, 0.6) is 0 Å². The van der Waals surface area contributed by atoms with E-state index in [-0.39, 0.29) is 19.1 Å². The van der Waals surface area contributed by atoms with E-state index in [9.17, 15) is 4.79 Å².